The Morgan fingerprint density at radius 3 is 2.40 bits per heavy atom. The molecule has 1 amide bonds. The highest BCUT2D eigenvalue weighted by Gasteiger charge is 2.08. The van der Waals surface area contributed by atoms with E-state index in [1.807, 2.05) is 12.1 Å². The Morgan fingerprint density at radius 1 is 1.33 bits per heavy atom. The molecule has 1 unspecified atom stereocenters. The van der Waals surface area contributed by atoms with Crippen LogP contribution in [0.15, 0.2) is 24.3 Å². The highest BCUT2D eigenvalue weighted by Crippen LogP contribution is 2.03. The van der Waals surface area contributed by atoms with Gasteiger partial charge in [0.25, 0.3) is 5.91 Å². The third-order valence-electron chi connectivity index (χ3n) is 1.82. The van der Waals surface area contributed by atoms with Crippen LogP contribution in [0.1, 0.15) is 22.8 Å². The molecule has 0 fully saturated rings. The van der Waals surface area contributed by atoms with Crippen LogP contribution in [-0.2, 0) is 0 Å². The molecule has 0 aliphatic rings. The standard InChI is InChI=1S/C11H9N3O/c1-8(6-12)14-11(15)10-4-2-9(7-13)3-5-10/h2-5,8H,1H3,(H,14,15). The van der Waals surface area contributed by atoms with Gasteiger partial charge < -0.3 is 5.32 Å². The highest BCUT2D eigenvalue weighted by molar-refractivity contribution is 5.94. The third kappa shape index (κ3) is 2.82. The van der Waals surface area contributed by atoms with Gasteiger partial charge in [-0.05, 0) is 31.2 Å². The molecule has 74 valence electrons. The van der Waals surface area contributed by atoms with Gasteiger partial charge in [0.2, 0.25) is 0 Å². The molecular formula is C11H9N3O. The molecule has 0 heterocycles. The number of hydrogen-bond acceptors (Lipinski definition) is 3. The van der Waals surface area contributed by atoms with E-state index in [4.69, 9.17) is 10.5 Å². The van der Waals surface area contributed by atoms with E-state index < -0.39 is 6.04 Å². The minimum absolute atomic E-state index is 0.312. The van der Waals surface area contributed by atoms with E-state index in [1.165, 1.54) is 0 Å². The maximum atomic E-state index is 11.5. The Hall–Kier alpha value is -2.33. The maximum absolute atomic E-state index is 11.5. The van der Waals surface area contributed by atoms with Crippen molar-refractivity contribution in [1.82, 2.24) is 5.32 Å². The lowest BCUT2D eigenvalue weighted by molar-refractivity contribution is 0.0948. The van der Waals surface area contributed by atoms with Gasteiger partial charge in [0.05, 0.1) is 17.7 Å². The fourth-order valence-corrected chi connectivity index (χ4v) is 1.01. The highest BCUT2D eigenvalue weighted by atomic mass is 16.1. The molecule has 0 aliphatic heterocycles. The van der Waals surface area contributed by atoms with Crippen molar-refractivity contribution in [3.05, 3.63) is 35.4 Å². The molecule has 15 heavy (non-hydrogen) atoms. The van der Waals surface area contributed by atoms with E-state index in [9.17, 15) is 4.79 Å². The molecule has 4 nitrogen and oxygen atoms in total. The number of carbonyl (C=O) groups is 1. The molecule has 0 spiro atoms. The second kappa shape index (κ2) is 4.78. The summed E-state index contributed by atoms with van der Waals surface area (Å²) >= 11 is 0. The molecule has 1 atom stereocenters. The summed E-state index contributed by atoms with van der Waals surface area (Å²) in [5.41, 5.74) is 0.941. The maximum Gasteiger partial charge on any atom is 0.252 e. The summed E-state index contributed by atoms with van der Waals surface area (Å²) in [6.07, 6.45) is 0. The van der Waals surface area contributed by atoms with Crippen LogP contribution in [-0.4, -0.2) is 11.9 Å². The van der Waals surface area contributed by atoms with Gasteiger partial charge in [0.1, 0.15) is 6.04 Å². The zero-order chi connectivity index (χ0) is 11.3. The van der Waals surface area contributed by atoms with Crippen LogP contribution in [0, 0.1) is 22.7 Å². The molecule has 1 aromatic carbocycles. The minimum Gasteiger partial charge on any atom is -0.337 e. The van der Waals surface area contributed by atoms with E-state index in [0.29, 0.717) is 11.1 Å². The zero-order valence-corrected chi connectivity index (χ0v) is 8.19. The second-order valence-corrected chi connectivity index (χ2v) is 3.01. The molecule has 0 saturated heterocycles. The normalized spacial score (nSPS) is 10.9. The molecule has 0 bridgehead atoms. The number of hydrogen-bond donors (Lipinski definition) is 1. The lowest BCUT2D eigenvalue weighted by Crippen LogP contribution is -2.31. The van der Waals surface area contributed by atoms with Gasteiger partial charge in [-0.3, -0.25) is 4.79 Å². The van der Waals surface area contributed by atoms with Gasteiger partial charge in [0, 0.05) is 5.56 Å². The first kappa shape index (κ1) is 10.7. The number of nitrogens with zero attached hydrogens (tertiary/aromatic N) is 2. The lowest BCUT2D eigenvalue weighted by Gasteiger charge is -2.05. The predicted octanol–water partition coefficient (Wildman–Crippen LogP) is 1.20. The van der Waals surface area contributed by atoms with E-state index in [-0.39, 0.29) is 5.91 Å². The lowest BCUT2D eigenvalue weighted by atomic mass is 10.1. The Kier molecular flexibility index (Phi) is 3.43. The Bertz CT molecular complexity index is 436. The number of amides is 1. The van der Waals surface area contributed by atoms with E-state index >= 15 is 0 Å². The summed E-state index contributed by atoms with van der Waals surface area (Å²) in [4.78, 5) is 11.5. The fraction of sp³-hybridized carbons (Fsp3) is 0.182. The topological polar surface area (TPSA) is 76.7 Å². The van der Waals surface area contributed by atoms with Crippen LogP contribution in [0.4, 0.5) is 0 Å². The molecular weight excluding hydrogens is 190 g/mol. The van der Waals surface area contributed by atoms with Gasteiger partial charge in [-0.2, -0.15) is 10.5 Å². The quantitative estimate of drug-likeness (QED) is 0.777. The predicted molar refractivity (Wildman–Crippen MR) is 53.7 cm³/mol. The summed E-state index contributed by atoms with van der Waals surface area (Å²) in [5.74, 6) is -0.312. The molecule has 4 heteroatoms. The summed E-state index contributed by atoms with van der Waals surface area (Å²) < 4.78 is 0. The summed E-state index contributed by atoms with van der Waals surface area (Å²) in [6, 6.07) is 9.57. The molecule has 0 radical (unpaired) electrons. The first-order valence-corrected chi connectivity index (χ1v) is 4.38. The van der Waals surface area contributed by atoms with Crippen molar-refractivity contribution in [3.8, 4) is 12.1 Å². The molecule has 1 rings (SSSR count). The van der Waals surface area contributed by atoms with Crippen LogP contribution in [0.25, 0.3) is 0 Å². The van der Waals surface area contributed by atoms with Crippen molar-refractivity contribution in [2.24, 2.45) is 0 Å². The third-order valence-corrected chi connectivity index (χ3v) is 1.82. The van der Waals surface area contributed by atoms with Gasteiger partial charge in [-0.15, -0.1) is 0 Å². The monoisotopic (exact) mass is 199 g/mol. The molecule has 0 aliphatic carbocycles. The fourth-order valence-electron chi connectivity index (χ4n) is 1.01. The van der Waals surface area contributed by atoms with Crippen molar-refractivity contribution >= 4 is 5.91 Å². The largest absolute Gasteiger partial charge is 0.337 e. The first-order chi connectivity index (χ1) is 7.17. The van der Waals surface area contributed by atoms with Crippen LogP contribution in [0.5, 0.6) is 0 Å². The zero-order valence-electron chi connectivity index (χ0n) is 8.19. The van der Waals surface area contributed by atoms with Gasteiger partial charge in [-0.25, -0.2) is 0 Å². The minimum atomic E-state index is -0.520. The van der Waals surface area contributed by atoms with Crippen molar-refractivity contribution < 1.29 is 4.79 Å². The van der Waals surface area contributed by atoms with Crippen molar-refractivity contribution in [2.75, 3.05) is 0 Å². The van der Waals surface area contributed by atoms with Crippen molar-refractivity contribution in [1.29, 1.82) is 10.5 Å². The summed E-state index contributed by atoms with van der Waals surface area (Å²) in [6.45, 7) is 1.60. The summed E-state index contributed by atoms with van der Waals surface area (Å²) in [7, 11) is 0. The van der Waals surface area contributed by atoms with E-state index in [2.05, 4.69) is 5.32 Å². The number of carbonyl (C=O) groups excluding carboxylic acids is 1. The summed E-state index contributed by atoms with van der Waals surface area (Å²) in [5, 5.41) is 19.6. The molecule has 0 aromatic heterocycles. The SMILES string of the molecule is CC(C#N)NC(=O)c1ccc(C#N)cc1. The molecule has 0 saturated carbocycles. The molecule has 1 aromatic rings. The van der Waals surface area contributed by atoms with E-state index in [0.717, 1.165) is 0 Å². The Balaban J connectivity index is 2.76. The molecule has 1 N–H and O–H groups in total. The van der Waals surface area contributed by atoms with Crippen LogP contribution in [0.2, 0.25) is 0 Å². The number of benzene rings is 1. The second-order valence-electron chi connectivity index (χ2n) is 3.01. The van der Waals surface area contributed by atoms with E-state index in [1.54, 1.807) is 31.2 Å². The smallest absolute Gasteiger partial charge is 0.252 e. The van der Waals surface area contributed by atoms with Gasteiger partial charge >= 0.3 is 0 Å². The average Bonchev–Trinajstić information content (AvgIpc) is 2.29. The van der Waals surface area contributed by atoms with Crippen LogP contribution < -0.4 is 5.32 Å². The van der Waals surface area contributed by atoms with Gasteiger partial charge in [0.15, 0.2) is 0 Å². The average molecular weight is 199 g/mol. The Labute approximate surface area is 87.8 Å². The van der Waals surface area contributed by atoms with Crippen LogP contribution >= 0.6 is 0 Å². The number of nitrogens with one attached hydrogen (secondary N) is 1. The van der Waals surface area contributed by atoms with Crippen molar-refractivity contribution in [3.63, 3.8) is 0 Å². The number of nitriles is 2. The van der Waals surface area contributed by atoms with Crippen LogP contribution in [0.3, 0.4) is 0 Å². The Morgan fingerprint density at radius 2 is 1.93 bits per heavy atom. The van der Waals surface area contributed by atoms with Crippen molar-refractivity contribution in [2.45, 2.75) is 13.0 Å². The van der Waals surface area contributed by atoms with Gasteiger partial charge in [-0.1, -0.05) is 0 Å². The number of rotatable bonds is 2. The first-order valence-electron chi connectivity index (χ1n) is 4.38.